The molecule has 0 aliphatic heterocycles. The molecule has 23 heavy (non-hydrogen) atoms. The molecule has 2 aromatic heterocycles. The molecular weight excluding hydrogens is 288 g/mol. The highest BCUT2D eigenvalue weighted by Crippen LogP contribution is 2.18. The van der Waals surface area contributed by atoms with Gasteiger partial charge in [0.25, 0.3) is 0 Å². The second kappa shape index (κ2) is 6.38. The molecule has 0 unspecified atom stereocenters. The number of nitrogens with one attached hydrogen (secondary N) is 2. The molecule has 1 aliphatic rings. The van der Waals surface area contributed by atoms with Crippen molar-refractivity contribution in [3.05, 3.63) is 57.7 Å². The van der Waals surface area contributed by atoms with Gasteiger partial charge in [0.2, 0.25) is 0 Å². The highest BCUT2D eigenvalue weighted by atomic mass is 16.1. The molecule has 3 rings (SSSR count). The van der Waals surface area contributed by atoms with E-state index in [1.165, 1.54) is 0 Å². The van der Waals surface area contributed by atoms with Gasteiger partial charge >= 0.3 is 0 Å². The van der Waals surface area contributed by atoms with E-state index in [4.69, 9.17) is 0 Å². The second-order valence-electron chi connectivity index (χ2n) is 6.18. The highest BCUT2D eigenvalue weighted by Gasteiger charge is 2.11. The van der Waals surface area contributed by atoms with E-state index < -0.39 is 0 Å². The Labute approximate surface area is 135 Å². The van der Waals surface area contributed by atoms with E-state index in [0.717, 1.165) is 35.4 Å². The van der Waals surface area contributed by atoms with Crippen molar-refractivity contribution in [2.45, 2.75) is 26.3 Å². The average molecular weight is 310 g/mol. The first kappa shape index (κ1) is 15.5. The summed E-state index contributed by atoms with van der Waals surface area (Å²) in [6, 6.07) is 3.54. The lowest BCUT2D eigenvalue weighted by atomic mass is 10.1. The number of hydrogen-bond acceptors (Lipinski definition) is 4. The van der Waals surface area contributed by atoms with Crippen LogP contribution in [0.15, 0.2) is 40.9 Å². The van der Waals surface area contributed by atoms with Gasteiger partial charge in [0.1, 0.15) is 5.82 Å². The first-order valence-electron chi connectivity index (χ1n) is 7.85. The quantitative estimate of drug-likeness (QED) is 0.911. The fraction of sp³-hybridized carbons (Fsp3) is 0.333. The Kier molecular flexibility index (Phi) is 4.30. The molecule has 0 atom stereocenters. The molecular formula is C18H22N4O. The predicted octanol–water partition coefficient (Wildman–Crippen LogP) is 2.94. The molecule has 2 N–H and O–H groups in total. The highest BCUT2D eigenvalue weighted by molar-refractivity contribution is 5.83. The Bertz CT molecular complexity index is 846. The number of aryl methyl sites for hydroxylation is 1. The van der Waals surface area contributed by atoms with E-state index in [-0.39, 0.29) is 5.43 Å². The van der Waals surface area contributed by atoms with Crippen LogP contribution in [0.4, 0.5) is 5.82 Å². The van der Waals surface area contributed by atoms with Crippen LogP contribution in [0.3, 0.4) is 0 Å². The van der Waals surface area contributed by atoms with Crippen molar-refractivity contribution in [3.63, 3.8) is 0 Å². The zero-order chi connectivity index (χ0) is 16.4. The third-order valence-corrected chi connectivity index (χ3v) is 3.75. The number of rotatable bonds is 4. The van der Waals surface area contributed by atoms with Gasteiger partial charge in [-0.05, 0) is 46.0 Å². The summed E-state index contributed by atoms with van der Waals surface area (Å²) in [6.07, 6.45) is 8.40. The first-order chi connectivity index (χ1) is 11.0. The minimum absolute atomic E-state index is 0.00834. The standard InChI is InChI=1S/C18H22N4O/c1-12-9-14-18(15(19-12)11-22(2)3)16(23)10-17(21-14)20-13-7-5-4-6-8-13/h5,7-10H,4,6,11H2,1-3H3,(H2,20,21,23). The maximum Gasteiger partial charge on any atom is 0.193 e. The summed E-state index contributed by atoms with van der Waals surface area (Å²) < 4.78 is 0. The van der Waals surface area contributed by atoms with Crippen molar-refractivity contribution in [3.8, 4) is 0 Å². The summed E-state index contributed by atoms with van der Waals surface area (Å²) in [4.78, 5) is 22.5. The zero-order valence-corrected chi connectivity index (χ0v) is 13.8. The summed E-state index contributed by atoms with van der Waals surface area (Å²) >= 11 is 0. The van der Waals surface area contributed by atoms with Crippen molar-refractivity contribution in [1.29, 1.82) is 0 Å². The Balaban J connectivity index is 2.06. The topological polar surface area (TPSA) is 61.0 Å². The molecule has 5 heteroatoms. The molecule has 0 fully saturated rings. The fourth-order valence-corrected chi connectivity index (χ4v) is 2.84. The smallest absolute Gasteiger partial charge is 0.193 e. The van der Waals surface area contributed by atoms with E-state index >= 15 is 0 Å². The van der Waals surface area contributed by atoms with Gasteiger partial charge in [-0.15, -0.1) is 0 Å². The molecule has 0 saturated heterocycles. The van der Waals surface area contributed by atoms with Crippen LogP contribution in [0.25, 0.3) is 10.9 Å². The molecule has 5 nitrogen and oxygen atoms in total. The minimum atomic E-state index is -0.00834. The Morgan fingerprint density at radius 2 is 2.13 bits per heavy atom. The number of allylic oxidation sites excluding steroid dienone is 3. The van der Waals surface area contributed by atoms with Gasteiger partial charge in [-0.3, -0.25) is 9.78 Å². The van der Waals surface area contributed by atoms with Crippen LogP contribution in [0.1, 0.15) is 24.2 Å². The van der Waals surface area contributed by atoms with Gasteiger partial charge in [0, 0.05) is 24.0 Å². The normalized spacial score (nSPS) is 14.3. The summed E-state index contributed by atoms with van der Waals surface area (Å²) in [5.74, 6) is 0.710. The number of pyridine rings is 2. The Hall–Kier alpha value is -2.40. The lowest BCUT2D eigenvalue weighted by Gasteiger charge is -2.14. The van der Waals surface area contributed by atoms with Crippen LogP contribution < -0.4 is 10.7 Å². The number of hydrogen-bond donors (Lipinski definition) is 2. The van der Waals surface area contributed by atoms with Crippen molar-refractivity contribution in [1.82, 2.24) is 14.9 Å². The van der Waals surface area contributed by atoms with Gasteiger partial charge in [-0.1, -0.05) is 12.2 Å². The molecule has 120 valence electrons. The van der Waals surface area contributed by atoms with Gasteiger partial charge in [0.05, 0.1) is 16.6 Å². The molecule has 0 aromatic carbocycles. The third-order valence-electron chi connectivity index (χ3n) is 3.75. The maximum absolute atomic E-state index is 12.6. The van der Waals surface area contributed by atoms with E-state index in [1.807, 2.05) is 38.1 Å². The SMILES string of the molecule is Cc1cc2[nH]c(NC3=CCCC=C3)cc(=O)c2c(CN(C)C)n1. The number of anilines is 1. The van der Waals surface area contributed by atoms with Crippen LogP contribution in [-0.2, 0) is 6.54 Å². The number of aromatic nitrogens is 2. The van der Waals surface area contributed by atoms with E-state index in [2.05, 4.69) is 27.4 Å². The Morgan fingerprint density at radius 1 is 1.30 bits per heavy atom. The molecule has 0 spiro atoms. The first-order valence-corrected chi connectivity index (χ1v) is 7.85. The fourth-order valence-electron chi connectivity index (χ4n) is 2.84. The molecule has 0 amide bonds. The van der Waals surface area contributed by atoms with Crippen LogP contribution in [0.2, 0.25) is 0 Å². The molecule has 0 bridgehead atoms. The van der Waals surface area contributed by atoms with Crippen molar-refractivity contribution in [2.24, 2.45) is 0 Å². The molecule has 0 radical (unpaired) electrons. The molecule has 1 aliphatic carbocycles. The van der Waals surface area contributed by atoms with Crippen molar-refractivity contribution < 1.29 is 0 Å². The molecule has 2 aromatic rings. The number of aromatic amines is 1. The molecule has 2 heterocycles. The van der Waals surface area contributed by atoms with Crippen LogP contribution in [-0.4, -0.2) is 29.0 Å². The number of H-pyrrole nitrogens is 1. The lowest BCUT2D eigenvalue weighted by molar-refractivity contribution is 0.398. The Morgan fingerprint density at radius 3 is 2.83 bits per heavy atom. The molecule has 0 saturated carbocycles. The van der Waals surface area contributed by atoms with Gasteiger partial charge in [-0.25, -0.2) is 0 Å². The summed E-state index contributed by atoms with van der Waals surface area (Å²) in [5.41, 5.74) is 3.55. The van der Waals surface area contributed by atoms with E-state index in [9.17, 15) is 4.79 Å². The average Bonchev–Trinajstić information content (AvgIpc) is 2.46. The maximum atomic E-state index is 12.6. The van der Waals surface area contributed by atoms with Crippen LogP contribution in [0.5, 0.6) is 0 Å². The zero-order valence-electron chi connectivity index (χ0n) is 13.8. The summed E-state index contributed by atoms with van der Waals surface area (Å²) in [5, 5.41) is 3.95. The monoisotopic (exact) mass is 310 g/mol. The van der Waals surface area contributed by atoms with Gasteiger partial charge in [0.15, 0.2) is 5.43 Å². The lowest BCUT2D eigenvalue weighted by Crippen LogP contribution is -2.16. The summed E-state index contributed by atoms with van der Waals surface area (Å²) in [7, 11) is 3.95. The number of nitrogens with zero attached hydrogens (tertiary/aromatic N) is 2. The van der Waals surface area contributed by atoms with E-state index in [0.29, 0.717) is 17.7 Å². The van der Waals surface area contributed by atoms with Gasteiger partial charge < -0.3 is 15.2 Å². The van der Waals surface area contributed by atoms with Crippen LogP contribution in [0, 0.1) is 6.92 Å². The van der Waals surface area contributed by atoms with E-state index in [1.54, 1.807) is 6.07 Å². The number of fused-ring (bicyclic) bond motifs is 1. The summed E-state index contributed by atoms with van der Waals surface area (Å²) in [6.45, 7) is 2.59. The van der Waals surface area contributed by atoms with Crippen LogP contribution >= 0.6 is 0 Å². The third kappa shape index (κ3) is 3.51. The van der Waals surface area contributed by atoms with Crippen molar-refractivity contribution in [2.75, 3.05) is 19.4 Å². The predicted molar refractivity (Wildman–Crippen MR) is 94.6 cm³/mol. The van der Waals surface area contributed by atoms with Gasteiger partial charge in [-0.2, -0.15) is 0 Å². The minimum Gasteiger partial charge on any atom is -0.342 e. The second-order valence-corrected chi connectivity index (χ2v) is 6.18. The van der Waals surface area contributed by atoms with Crippen molar-refractivity contribution >= 4 is 16.7 Å². The largest absolute Gasteiger partial charge is 0.342 e.